The molecule has 1 heterocycles. The predicted molar refractivity (Wildman–Crippen MR) is 71.6 cm³/mol. The summed E-state index contributed by atoms with van der Waals surface area (Å²) < 4.78 is 20.5. The first kappa shape index (κ1) is 11.7. The Morgan fingerprint density at radius 1 is 1.11 bits per heavy atom. The highest BCUT2D eigenvalue weighted by Gasteiger charge is 2.01. The first-order chi connectivity index (χ1) is 9.33. The van der Waals surface area contributed by atoms with E-state index in [1.165, 1.54) is 12.1 Å². The van der Waals surface area contributed by atoms with Gasteiger partial charge in [-0.2, -0.15) is 0 Å². The summed E-state index contributed by atoms with van der Waals surface area (Å²) in [5, 5.41) is 0. The molecule has 3 nitrogen and oxygen atoms in total. The maximum absolute atomic E-state index is 13.0. The van der Waals surface area contributed by atoms with E-state index in [1.807, 2.05) is 28.8 Å². The standard InChI is InChI=1S/C15H13FN2O/c16-12-4-3-5-13(10-12)19-9-8-18-11-17-14-6-1-2-7-15(14)18/h1-7,10-11H,8-9H2. The first-order valence-electron chi connectivity index (χ1n) is 6.11. The summed E-state index contributed by atoms with van der Waals surface area (Å²) in [7, 11) is 0. The van der Waals surface area contributed by atoms with Crippen molar-refractivity contribution in [1.82, 2.24) is 9.55 Å². The quantitative estimate of drug-likeness (QED) is 0.716. The molecule has 0 bridgehead atoms. The molecule has 2 aromatic carbocycles. The van der Waals surface area contributed by atoms with Crippen molar-refractivity contribution in [1.29, 1.82) is 0 Å². The van der Waals surface area contributed by atoms with Crippen molar-refractivity contribution in [2.45, 2.75) is 6.54 Å². The minimum absolute atomic E-state index is 0.286. The van der Waals surface area contributed by atoms with Crippen molar-refractivity contribution >= 4 is 11.0 Å². The number of para-hydroxylation sites is 2. The maximum atomic E-state index is 13.0. The molecular formula is C15H13FN2O. The summed E-state index contributed by atoms with van der Waals surface area (Å²) in [5.74, 6) is 0.259. The lowest BCUT2D eigenvalue weighted by molar-refractivity contribution is 0.298. The second kappa shape index (κ2) is 5.10. The van der Waals surface area contributed by atoms with Crippen molar-refractivity contribution in [2.24, 2.45) is 0 Å². The largest absolute Gasteiger partial charge is 0.492 e. The topological polar surface area (TPSA) is 27.1 Å². The van der Waals surface area contributed by atoms with Crippen LogP contribution < -0.4 is 4.74 Å². The number of benzene rings is 2. The van der Waals surface area contributed by atoms with Crippen LogP contribution in [-0.4, -0.2) is 16.2 Å². The second-order valence-electron chi connectivity index (χ2n) is 4.23. The molecule has 0 N–H and O–H groups in total. The molecule has 3 rings (SSSR count). The average molecular weight is 256 g/mol. The number of hydrogen-bond donors (Lipinski definition) is 0. The van der Waals surface area contributed by atoms with Crippen LogP contribution in [0, 0.1) is 5.82 Å². The molecule has 0 spiro atoms. The van der Waals surface area contributed by atoms with E-state index in [1.54, 1.807) is 18.5 Å². The van der Waals surface area contributed by atoms with Crippen LogP contribution in [0.2, 0.25) is 0 Å². The van der Waals surface area contributed by atoms with Crippen LogP contribution in [0.5, 0.6) is 5.75 Å². The molecule has 0 fully saturated rings. The fourth-order valence-corrected chi connectivity index (χ4v) is 2.01. The van der Waals surface area contributed by atoms with Gasteiger partial charge in [-0.1, -0.05) is 18.2 Å². The summed E-state index contributed by atoms with van der Waals surface area (Å²) in [6.45, 7) is 1.15. The molecule has 4 heteroatoms. The second-order valence-corrected chi connectivity index (χ2v) is 4.23. The van der Waals surface area contributed by atoms with E-state index in [0.29, 0.717) is 18.9 Å². The van der Waals surface area contributed by atoms with Crippen LogP contribution in [0.1, 0.15) is 0 Å². The zero-order valence-corrected chi connectivity index (χ0v) is 10.3. The molecule has 0 amide bonds. The molecule has 0 aliphatic carbocycles. The Bertz CT molecular complexity index is 693. The van der Waals surface area contributed by atoms with E-state index in [0.717, 1.165) is 11.0 Å². The van der Waals surface area contributed by atoms with Gasteiger partial charge in [-0.25, -0.2) is 9.37 Å². The van der Waals surface area contributed by atoms with E-state index < -0.39 is 0 Å². The number of fused-ring (bicyclic) bond motifs is 1. The molecule has 0 radical (unpaired) electrons. The maximum Gasteiger partial charge on any atom is 0.126 e. The van der Waals surface area contributed by atoms with Gasteiger partial charge in [0.2, 0.25) is 0 Å². The Morgan fingerprint density at radius 2 is 2.00 bits per heavy atom. The lowest BCUT2D eigenvalue weighted by Crippen LogP contribution is -2.07. The normalized spacial score (nSPS) is 10.8. The van der Waals surface area contributed by atoms with Crippen molar-refractivity contribution < 1.29 is 9.13 Å². The van der Waals surface area contributed by atoms with Gasteiger partial charge in [0.1, 0.15) is 18.2 Å². The summed E-state index contributed by atoms with van der Waals surface area (Å²) >= 11 is 0. The molecule has 0 aliphatic heterocycles. The summed E-state index contributed by atoms with van der Waals surface area (Å²) in [6.07, 6.45) is 1.79. The Kier molecular flexibility index (Phi) is 3.14. The molecule has 0 atom stereocenters. The zero-order valence-electron chi connectivity index (χ0n) is 10.3. The highest BCUT2D eigenvalue weighted by Crippen LogP contribution is 2.14. The number of halogens is 1. The minimum atomic E-state index is -0.286. The van der Waals surface area contributed by atoms with Gasteiger partial charge in [-0.05, 0) is 24.3 Å². The van der Waals surface area contributed by atoms with E-state index in [2.05, 4.69) is 4.98 Å². The molecule has 0 unspecified atom stereocenters. The molecule has 0 aliphatic rings. The number of ether oxygens (including phenoxy) is 1. The summed E-state index contributed by atoms with van der Waals surface area (Å²) in [4.78, 5) is 4.31. The van der Waals surface area contributed by atoms with Crippen molar-refractivity contribution in [2.75, 3.05) is 6.61 Å². The molecule has 19 heavy (non-hydrogen) atoms. The molecule has 0 saturated carbocycles. The lowest BCUT2D eigenvalue weighted by Gasteiger charge is -2.07. The van der Waals surface area contributed by atoms with E-state index in [4.69, 9.17) is 4.74 Å². The van der Waals surface area contributed by atoms with Gasteiger partial charge >= 0.3 is 0 Å². The fourth-order valence-electron chi connectivity index (χ4n) is 2.01. The van der Waals surface area contributed by atoms with Crippen LogP contribution in [0.3, 0.4) is 0 Å². The summed E-state index contributed by atoms with van der Waals surface area (Å²) in [5.41, 5.74) is 2.04. The lowest BCUT2D eigenvalue weighted by atomic mass is 10.3. The Balaban J connectivity index is 1.66. The van der Waals surface area contributed by atoms with Gasteiger partial charge in [0.15, 0.2) is 0 Å². The third-order valence-corrected chi connectivity index (χ3v) is 2.92. The number of nitrogens with zero attached hydrogens (tertiary/aromatic N) is 2. The van der Waals surface area contributed by atoms with Gasteiger partial charge in [0.05, 0.1) is 23.9 Å². The molecule has 96 valence electrons. The van der Waals surface area contributed by atoms with E-state index in [9.17, 15) is 4.39 Å². The Morgan fingerprint density at radius 3 is 2.89 bits per heavy atom. The van der Waals surface area contributed by atoms with Crippen molar-refractivity contribution in [3.05, 3.63) is 60.7 Å². The van der Waals surface area contributed by atoms with E-state index in [-0.39, 0.29) is 5.82 Å². The van der Waals surface area contributed by atoms with Gasteiger partial charge in [-0.15, -0.1) is 0 Å². The van der Waals surface area contributed by atoms with E-state index >= 15 is 0 Å². The Hall–Kier alpha value is -2.36. The molecule has 0 saturated heterocycles. The minimum Gasteiger partial charge on any atom is -0.492 e. The molecule has 1 aromatic heterocycles. The predicted octanol–water partition coefficient (Wildman–Crippen LogP) is 3.25. The van der Waals surface area contributed by atoms with Gasteiger partial charge in [-0.3, -0.25) is 0 Å². The molecular weight excluding hydrogens is 243 g/mol. The third-order valence-electron chi connectivity index (χ3n) is 2.92. The highest BCUT2D eigenvalue weighted by molar-refractivity contribution is 5.74. The number of rotatable bonds is 4. The van der Waals surface area contributed by atoms with Crippen molar-refractivity contribution in [3.63, 3.8) is 0 Å². The smallest absolute Gasteiger partial charge is 0.126 e. The van der Waals surface area contributed by atoms with Gasteiger partial charge in [0.25, 0.3) is 0 Å². The SMILES string of the molecule is Fc1cccc(OCCn2cnc3ccccc32)c1. The highest BCUT2D eigenvalue weighted by atomic mass is 19.1. The first-order valence-corrected chi connectivity index (χ1v) is 6.11. The monoisotopic (exact) mass is 256 g/mol. The zero-order chi connectivity index (χ0) is 13.1. The number of imidazole rings is 1. The van der Waals surface area contributed by atoms with Crippen molar-refractivity contribution in [3.8, 4) is 5.75 Å². The average Bonchev–Trinajstić information content (AvgIpc) is 2.83. The van der Waals surface area contributed by atoms with Gasteiger partial charge < -0.3 is 9.30 Å². The third kappa shape index (κ3) is 2.57. The van der Waals surface area contributed by atoms with Crippen LogP contribution >= 0.6 is 0 Å². The fraction of sp³-hybridized carbons (Fsp3) is 0.133. The van der Waals surface area contributed by atoms with Crippen LogP contribution in [0.25, 0.3) is 11.0 Å². The van der Waals surface area contributed by atoms with Crippen LogP contribution in [0.15, 0.2) is 54.9 Å². The molecule has 3 aromatic rings. The van der Waals surface area contributed by atoms with Crippen LogP contribution in [0.4, 0.5) is 4.39 Å². The van der Waals surface area contributed by atoms with Crippen LogP contribution in [-0.2, 0) is 6.54 Å². The number of hydrogen-bond acceptors (Lipinski definition) is 2. The Labute approximate surface area is 110 Å². The summed E-state index contributed by atoms with van der Waals surface area (Å²) in [6, 6.07) is 14.1. The van der Waals surface area contributed by atoms with Gasteiger partial charge in [0, 0.05) is 6.07 Å². The number of aromatic nitrogens is 2.